The second kappa shape index (κ2) is 5.84. The summed E-state index contributed by atoms with van der Waals surface area (Å²) in [5.41, 5.74) is 5.62. The maximum absolute atomic E-state index is 5.62. The van der Waals surface area contributed by atoms with E-state index in [2.05, 4.69) is 38.8 Å². The van der Waals surface area contributed by atoms with Crippen molar-refractivity contribution in [3.05, 3.63) is 34.9 Å². The van der Waals surface area contributed by atoms with E-state index in [-0.39, 0.29) is 6.04 Å². The van der Waals surface area contributed by atoms with E-state index in [4.69, 9.17) is 18.0 Å². The van der Waals surface area contributed by atoms with Crippen LogP contribution in [-0.2, 0) is 0 Å². The van der Waals surface area contributed by atoms with Gasteiger partial charge in [-0.05, 0) is 19.1 Å². The Labute approximate surface area is 126 Å². The third kappa shape index (κ3) is 3.04. The molecule has 1 unspecified atom stereocenters. The van der Waals surface area contributed by atoms with Crippen LogP contribution in [0.2, 0.25) is 0 Å². The van der Waals surface area contributed by atoms with Gasteiger partial charge < -0.3 is 10.6 Å². The Morgan fingerprint density at radius 2 is 2.16 bits per heavy atom. The zero-order valence-corrected chi connectivity index (χ0v) is 13.3. The Morgan fingerprint density at radius 3 is 2.84 bits per heavy atom. The molecule has 19 heavy (non-hydrogen) atoms. The van der Waals surface area contributed by atoms with Crippen LogP contribution < -0.4 is 10.6 Å². The van der Waals surface area contributed by atoms with Crippen LogP contribution in [0.4, 0.5) is 5.82 Å². The number of fused-ring (bicyclic) bond motifs is 1. The zero-order chi connectivity index (χ0) is 14.0. The van der Waals surface area contributed by atoms with Crippen LogP contribution in [0.3, 0.4) is 0 Å². The van der Waals surface area contributed by atoms with E-state index in [1.165, 1.54) is 0 Å². The van der Waals surface area contributed by atoms with Crippen LogP contribution in [-0.4, -0.2) is 23.1 Å². The molecule has 1 aromatic heterocycles. The molecule has 0 spiro atoms. The molecular weight excluding hydrogens is 322 g/mol. The molecule has 0 radical (unpaired) electrons. The number of anilines is 1. The van der Waals surface area contributed by atoms with Crippen molar-refractivity contribution in [1.82, 2.24) is 4.98 Å². The quantitative estimate of drug-likeness (QED) is 0.867. The molecule has 0 saturated carbocycles. The molecule has 2 aromatic rings. The monoisotopic (exact) mass is 337 g/mol. The number of rotatable bonds is 4. The molecule has 1 aromatic carbocycles. The molecule has 5 heteroatoms. The van der Waals surface area contributed by atoms with Gasteiger partial charge in [0.05, 0.1) is 4.99 Å². The van der Waals surface area contributed by atoms with E-state index in [1.807, 2.05) is 31.4 Å². The molecule has 0 fully saturated rings. The number of benzene rings is 1. The molecular formula is C14H16BrN3S. The number of nitrogens with zero attached hydrogens (tertiary/aromatic N) is 2. The summed E-state index contributed by atoms with van der Waals surface area (Å²) in [6.07, 6.45) is 2.50. The Hall–Kier alpha value is -1.20. The Morgan fingerprint density at radius 1 is 1.42 bits per heavy atom. The van der Waals surface area contributed by atoms with Gasteiger partial charge in [-0.15, -0.1) is 0 Å². The van der Waals surface area contributed by atoms with E-state index < -0.39 is 0 Å². The lowest BCUT2D eigenvalue weighted by atomic mass is 10.1. The number of nitrogens with two attached hydrogens (primary N) is 1. The first-order chi connectivity index (χ1) is 9.00. The molecule has 0 aliphatic heterocycles. The van der Waals surface area contributed by atoms with Gasteiger partial charge in [-0.3, -0.25) is 0 Å². The van der Waals surface area contributed by atoms with Crippen molar-refractivity contribution in [2.75, 3.05) is 11.9 Å². The summed E-state index contributed by atoms with van der Waals surface area (Å²) in [4.78, 5) is 7.14. The van der Waals surface area contributed by atoms with Gasteiger partial charge in [0, 0.05) is 41.0 Å². The minimum absolute atomic E-state index is 0.217. The van der Waals surface area contributed by atoms with Crippen LogP contribution in [0.25, 0.3) is 10.8 Å². The van der Waals surface area contributed by atoms with Gasteiger partial charge in [-0.1, -0.05) is 40.3 Å². The van der Waals surface area contributed by atoms with Crippen molar-refractivity contribution < 1.29 is 0 Å². The fraction of sp³-hybridized carbons (Fsp3) is 0.286. The number of hydrogen-bond donors (Lipinski definition) is 1. The highest BCUT2D eigenvalue weighted by Gasteiger charge is 2.15. The van der Waals surface area contributed by atoms with Crippen LogP contribution in [0, 0.1) is 0 Å². The molecule has 0 saturated heterocycles. The molecule has 0 aliphatic carbocycles. The zero-order valence-electron chi connectivity index (χ0n) is 10.9. The molecule has 100 valence electrons. The summed E-state index contributed by atoms with van der Waals surface area (Å²) < 4.78 is 1.07. The van der Waals surface area contributed by atoms with E-state index >= 15 is 0 Å². The molecule has 0 bridgehead atoms. The first-order valence-corrected chi connectivity index (χ1v) is 7.25. The van der Waals surface area contributed by atoms with Gasteiger partial charge in [0.2, 0.25) is 0 Å². The molecule has 0 amide bonds. The maximum Gasteiger partial charge on any atom is 0.136 e. The minimum Gasteiger partial charge on any atom is -0.393 e. The first-order valence-electron chi connectivity index (χ1n) is 6.05. The SMILES string of the molecule is CC(CC(N)=S)N(C)c1nccc2c(Br)cccc12. The highest BCUT2D eigenvalue weighted by atomic mass is 79.9. The van der Waals surface area contributed by atoms with Crippen molar-refractivity contribution in [3.8, 4) is 0 Å². The standard InChI is InChI=1S/C14H16BrN3S/c1-9(8-13(16)19)18(2)14-11-4-3-5-12(15)10(11)6-7-17-14/h3-7,9H,8H2,1-2H3,(H2,16,19). The average molecular weight is 338 g/mol. The number of halogens is 1. The van der Waals surface area contributed by atoms with E-state index in [0.717, 1.165) is 21.1 Å². The van der Waals surface area contributed by atoms with Gasteiger partial charge >= 0.3 is 0 Å². The fourth-order valence-electron chi connectivity index (χ4n) is 2.07. The first kappa shape index (κ1) is 14.2. The van der Waals surface area contributed by atoms with Crippen molar-refractivity contribution in [2.24, 2.45) is 5.73 Å². The van der Waals surface area contributed by atoms with Crippen molar-refractivity contribution in [2.45, 2.75) is 19.4 Å². The Bertz CT molecular complexity index is 615. The fourth-order valence-corrected chi connectivity index (χ4v) is 2.81. The average Bonchev–Trinajstić information content (AvgIpc) is 2.37. The molecule has 1 atom stereocenters. The van der Waals surface area contributed by atoms with Gasteiger partial charge in [0.25, 0.3) is 0 Å². The number of hydrogen-bond acceptors (Lipinski definition) is 3. The Kier molecular flexibility index (Phi) is 4.37. The summed E-state index contributed by atoms with van der Waals surface area (Å²) in [6.45, 7) is 2.09. The number of pyridine rings is 1. The van der Waals surface area contributed by atoms with E-state index in [9.17, 15) is 0 Å². The lowest BCUT2D eigenvalue weighted by molar-refractivity contribution is 0.708. The lowest BCUT2D eigenvalue weighted by Crippen LogP contribution is -2.33. The van der Waals surface area contributed by atoms with Gasteiger partial charge in [0.1, 0.15) is 5.82 Å². The van der Waals surface area contributed by atoms with Crippen molar-refractivity contribution in [1.29, 1.82) is 0 Å². The summed E-state index contributed by atoms with van der Waals surface area (Å²) in [5.74, 6) is 0.947. The van der Waals surface area contributed by atoms with E-state index in [1.54, 1.807) is 0 Å². The number of aromatic nitrogens is 1. The highest BCUT2D eigenvalue weighted by Crippen LogP contribution is 2.30. The minimum atomic E-state index is 0.217. The second-order valence-corrected chi connectivity index (χ2v) is 5.98. The van der Waals surface area contributed by atoms with E-state index in [0.29, 0.717) is 11.4 Å². The topological polar surface area (TPSA) is 42.1 Å². The highest BCUT2D eigenvalue weighted by molar-refractivity contribution is 9.10. The molecule has 0 aliphatic rings. The summed E-state index contributed by atoms with van der Waals surface area (Å²) in [7, 11) is 2.02. The predicted octanol–water partition coefficient (Wildman–Crippen LogP) is 3.50. The largest absolute Gasteiger partial charge is 0.393 e. The normalized spacial score (nSPS) is 12.4. The summed E-state index contributed by atoms with van der Waals surface area (Å²) in [6, 6.07) is 8.35. The summed E-state index contributed by atoms with van der Waals surface area (Å²) in [5, 5.41) is 2.27. The van der Waals surface area contributed by atoms with Gasteiger partial charge in [0.15, 0.2) is 0 Å². The van der Waals surface area contributed by atoms with Gasteiger partial charge in [-0.25, -0.2) is 4.98 Å². The third-order valence-corrected chi connectivity index (χ3v) is 4.08. The molecule has 2 rings (SSSR count). The molecule has 2 N–H and O–H groups in total. The van der Waals surface area contributed by atoms with Crippen molar-refractivity contribution in [3.63, 3.8) is 0 Å². The third-order valence-electron chi connectivity index (χ3n) is 3.22. The second-order valence-electron chi connectivity index (χ2n) is 4.60. The van der Waals surface area contributed by atoms with Gasteiger partial charge in [-0.2, -0.15) is 0 Å². The number of thiocarbonyl (C=S) groups is 1. The lowest BCUT2D eigenvalue weighted by Gasteiger charge is -2.26. The maximum atomic E-state index is 5.62. The van der Waals surface area contributed by atoms with Crippen molar-refractivity contribution >= 4 is 49.7 Å². The van der Waals surface area contributed by atoms with Crippen LogP contribution in [0.1, 0.15) is 13.3 Å². The van der Waals surface area contributed by atoms with Crippen LogP contribution in [0.15, 0.2) is 34.9 Å². The van der Waals surface area contributed by atoms with Crippen LogP contribution >= 0.6 is 28.1 Å². The Balaban J connectivity index is 2.45. The molecule has 1 heterocycles. The predicted molar refractivity (Wildman–Crippen MR) is 88.7 cm³/mol. The van der Waals surface area contributed by atoms with Crippen LogP contribution in [0.5, 0.6) is 0 Å². The summed E-state index contributed by atoms with van der Waals surface area (Å²) >= 11 is 8.55. The molecule has 3 nitrogen and oxygen atoms in total. The smallest absolute Gasteiger partial charge is 0.136 e.